The number of nitrogens with one attached hydrogen (secondary N) is 2. The summed E-state index contributed by atoms with van der Waals surface area (Å²) in [6.07, 6.45) is 1.72. The van der Waals surface area contributed by atoms with Gasteiger partial charge in [0.05, 0.1) is 12.1 Å². The molecule has 0 radical (unpaired) electrons. The van der Waals surface area contributed by atoms with Crippen molar-refractivity contribution in [1.82, 2.24) is 14.8 Å². The Balaban J connectivity index is 1.48. The summed E-state index contributed by atoms with van der Waals surface area (Å²) in [5.74, 6) is -1.29. The largest absolute Gasteiger partial charge is 0.478 e. The summed E-state index contributed by atoms with van der Waals surface area (Å²) in [6.45, 7) is 2.52. The van der Waals surface area contributed by atoms with Crippen LogP contribution in [-0.2, 0) is 4.79 Å². The van der Waals surface area contributed by atoms with Gasteiger partial charge in [-0.25, -0.2) is 4.79 Å². The molecule has 0 aliphatic carbocycles. The molecule has 0 atom stereocenters. The van der Waals surface area contributed by atoms with E-state index in [9.17, 15) is 14.4 Å². The maximum Gasteiger partial charge on any atom is 0.335 e. The molecule has 0 unspecified atom stereocenters. The van der Waals surface area contributed by atoms with E-state index in [1.54, 1.807) is 35.4 Å². The Bertz CT molecular complexity index is 795. The molecule has 1 aromatic heterocycles. The van der Waals surface area contributed by atoms with Gasteiger partial charge in [0.15, 0.2) is 0 Å². The monoisotopic (exact) mass is 356 g/mol. The van der Waals surface area contributed by atoms with E-state index in [1.807, 2.05) is 4.90 Å². The van der Waals surface area contributed by atoms with Crippen molar-refractivity contribution in [1.29, 1.82) is 0 Å². The van der Waals surface area contributed by atoms with Gasteiger partial charge in [-0.1, -0.05) is 6.07 Å². The van der Waals surface area contributed by atoms with Crippen molar-refractivity contribution < 1.29 is 19.5 Å². The molecule has 136 valence electrons. The zero-order chi connectivity index (χ0) is 18.5. The van der Waals surface area contributed by atoms with E-state index in [4.69, 9.17) is 5.11 Å². The summed E-state index contributed by atoms with van der Waals surface area (Å²) < 4.78 is 0. The molecule has 1 aliphatic rings. The molecule has 8 nitrogen and oxygen atoms in total. The molecule has 1 aromatic carbocycles. The van der Waals surface area contributed by atoms with Gasteiger partial charge in [-0.15, -0.1) is 0 Å². The Morgan fingerprint density at radius 2 is 1.85 bits per heavy atom. The molecule has 3 rings (SSSR count). The highest BCUT2D eigenvalue weighted by Crippen LogP contribution is 2.11. The lowest BCUT2D eigenvalue weighted by atomic mass is 10.2. The second kappa shape index (κ2) is 7.83. The van der Waals surface area contributed by atoms with Crippen molar-refractivity contribution in [2.75, 3.05) is 38.0 Å². The molecular weight excluding hydrogens is 336 g/mol. The van der Waals surface area contributed by atoms with Crippen molar-refractivity contribution in [3.05, 3.63) is 53.9 Å². The zero-order valence-electron chi connectivity index (χ0n) is 14.1. The predicted octanol–water partition coefficient (Wildman–Crippen LogP) is 1.11. The number of nitrogens with zero attached hydrogens (tertiary/aromatic N) is 2. The Labute approximate surface area is 150 Å². The van der Waals surface area contributed by atoms with E-state index >= 15 is 0 Å². The van der Waals surface area contributed by atoms with Gasteiger partial charge in [0.2, 0.25) is 5.91 Å². The van der Waals surface area contributed by atoms with Crippen LogP contribution >= 0.6 is 0 Å². The number of aromatic carboxylic acids is 1. The molecule has 3 N–H and O–H groups in total. The van der Waals surface area contributed by atoms with Gasteiger partial charge in [-0.3, -0.25) is 14.5 Å². The molecule has 26 heavy (non-hydrogen) atoms. The number of rotatable bonds is 5. The second-order valence-electron chi connectivity index (χ2n) is 6.09. The average molecular weight is 356 g/mol. The molecule has 8 heteroatoms. The Morgan fingerprint density at radius 3 is 2.50 bits per heavy atom. The third-order valence-electron chi connectivity index (χ3n) is 4.25. The van der Waals surface area contributed by atoms with Crippen molar-refractivity contribution >= 4 is 23.5 Å². The standard InChI is InChI=1S/C18H20N4O4/c23-16(20-14-4-1-3-13(11-14)18(25)26)12-21-7-9-22(10-8-21)17(24)15-5-2-6-19-15/h1-6,11,19H,7-10,12H2,(H,20,23)(H,25,26). The van der Waals surface area contributed by atoms with Crippen LogP contribution < -0.4 is 5.32 Å². The normalized spacial score (nSPS) is 14.8. The van der Waals surface area contributed by atoms with E-state index in [0.29, 0.717) is 37.6 Å². The van der Waals surface area contributed by atoms with Gasteiger partial charge in [0, 0.05) is 38.1 Å². The number of carboxylic acids is 1. The number of hydrogen-bond acceptors (Lipinski definition) is 4. The number of carboxylic acid groups (broad SMARTS) is 1. The second-order valence-corrected chi connectivity index (χ2v) is 6.09. The first-order valence-electron chi connectivity index (χ1n) is 8.31. The maximum absolute atomic E-state index is 12.3. The summed E-state index contributed by atoms with van der Waals surface area (Å²) in [6, 6.07) is 9.66. The van der Waals surface area contributed by atoms with Crippen LogP contribution in [0.4, 0.5) is 5.69 Å². The van der Waals surface area contributed by atoms with E-state index < -0.39 is 5.97 Å². The SMILES string of the molecule is O=C(CN1CCN(C(=O)c2ccc[nH]2)CC1)Nc1cccc(C(=O)O)c1. The number of carbonyl (C=O) groups excluding carboxylic acids is 2. The highest BCUT2D eigenvalue weighted by molar-refractivity contribution is 5.95. The Kier molecular flexibility index (Phi) is 5.33. The number of anilines is 1. The van der Waals surface area contributed by atoms with Gasteiger partial charge in [0.25, 0.3) is 5.91 Å². The number of H-pyrrole nitrogens is 1. The highest BCUT2D eigenvalue weighted by atomic mass is 16.4. The Morgan fingerprint density at radius 1 is 1.08 bits per heavy atom. The fourth-order valence-corrected chi connectivity index (χ4v) is 2.88. The molecule has 2 aromatic rings. The molecule has 0 spiro atoms. The summed E-state index contributed by atoms with van der Waals surface area (Å²) in [4.78, 5) is 42.1. The zero-order valence-corrected chi connectivity index (χ0v) is 14.1. The van der Waals surface area contributed by atoms with Crippen LogP contribution in [0.2, 0.25) is 0 Å². The lowest BCUT2D eigenvalue weighted by Gasteiger charge is -2.34. The number of aromatic nitrogens is 1. The quantitative estimate of drug-likeness (QED) is 0.744. The summed E-state index contributed by atoms with van der Waals surface area (Å²) in [5.41, 5.74) is 1.14. The van der Waals surface area contributed by atoms with Gasteiger partial charge in [-0.2, -0.15) is 0 Å². The fraction of sp³-hybridized carbons (Fsp3) is 0.278. The lowest BCUT2D eigenvalue weighted by Crippen LogP contribution is -2.50. The van der Waals surface area contributed by atoms with Gasteiger partial charge < -0.3 is 20.3 Å². The van der Waals surface area contributed by atoms with E-state index in [0.717, 1.165) is 0 Å². The van der Waals surface area contributed by atoms with Crippen molar-refractivity contribution in [2.24, 2.45) is 0 Å². The molecule has 0 saturated carbocycles. The topological polar surface area (TPSA) is 106 Å². The van der Waals surface area contributed by atoms with Crippen LogP contribution in [0.1, 0.15) is 20.8 Å². The number of piperazine rings is 1. The number of carbonyl (C=O) groups is 3. The minimum Gasteiger partial charge on any atom is -0.478 e. The van der Waals surface area contributed by atoms with Crippen LogP contribution in [0.25, 0.3) is 0 Å². The summed E-state index contributed by atoms with van der Waals surface area (Å²) >= 11 is 0. The minimum atomic E-state index is -1.04. The van der Waals surface area contributed by atoms with Gasteiger partial charge in [0.1, 0.15) is 5.69 Å². The number of hydrogen-bond donors (Lipinski definition) is 3. The molecule has 1 fully saturated rings. The van der Waals surface area contributed by atoms with E-state index in [2.05, 4.69) is 10.3 Å². The molecule has 0 bridgehead atoms. The summed E-state index contributed by atoms with van der Waals surface area (Å²) in [5, 5.41) is 11.7. The third-order valence-corrected chi connectivity index (χ3v) is 4.25. The predicted molar refractivity (Wildman–Crippen MR) is 95.2 cm³/mol. The van der Waals surface area contributed by atoms with Gasteiger partial charge in [-0.05, 0) is 30.3 Å². The molecule has 1 aliphatic heterocycles. The molecule has 2 amide bonds. The average Bonchev–Trinajstić information content (AvgIpc) is 3.16. The van der Waals surface area contributed by atoms with Crippen molar-refractivity contribution in [2.45, 2.75) is 0 Å². The van der Waals surface area contributed by atoms with Crippen LogP contribution in [0.15, 0.2) is 42.6 Å². The first kappa shape index (κ1) is 17.7. The van der Waals surface area contributed by atoms with Crippen molar-refractivity contribution in [3.63, 3.8) is 0 Å². The number of amides is 2. The van der Waals surface area contributed by atoms with Crippen LogP contribution in [0, 0.1) is 0 Å². The smallest absolute Gasteiger partial charge is 0.335 e. The van der Waals surface area contributed by atoms with Crippen LogP contribution in [0.5, 0.6) is 0 Å². The molecular formula is C18H20N4O4. The number of aromatic amines is 1. The highest BCUT2D eigenvalue weighted by Gasteiger charge is 2.23. The molecule has 1 saturated heterocycles. The van der Waals surface area contributed by atoms with E-state index in [-0.39, 0.29) is 23.9 Å². The summed E-state index contributed by atoms with van der Waals surface area (Å²) in [7, 11) is 0. The van der Waals surface area contributed by atoms with E-state index in [1.165, 1.54) is 12.1 Å². The van der Waals surface area contributed by atoms with Crippen LogP contribution in [-0.4, -0.2) is 70.4 Å². The molecule has 2 heterocycles. The minimum absolute atomic E-state index is 0.0374. The Hall–Kier alpha value is -3.13. The first-order valence-corrected chi connectivity index (χ1v) is 8.31. The van der Waals surface area contributed by atoms with Gasteiger partial charge >= 0.3 is 5.97 Å². The first-order chi connectivity index (χ1) is 12.5. The lowest BCUT2D eigenvalue weighted by molar-refractivity contribution is -0.117. The van der Waals surface area contributed by atoms with Crippen molar-refractivity contribution in [3.8, 4) is 0 Å². The fourth-order valence-electron chi connectivity index (χ4n) is 2.88. The maximum atomic E-state index is 12.3. The van der Waals surface area contributed by atoms with Crippen LogP contribution in [0.3, 0.4) is 0 Å². The number of benzene rings is 1. The third kappa shape index (κ3) is 4.28.